The van der Waals surface area contributed by atoms with Crippen molar-refractivity contribution in [1.82, 2.24) is 4.98 Å². The molecule has 1 heterocycles. The Hall–Kier alpha value is -3.24. The maximum Gasteiger partial charge on any atom is 0.233 e. The maximum atomic E-state index is 13.7. The quantitative estimate of drug-likeness (QED) is 0.404. The average Bonchev–Trinajstić information content (AvgIpc) is 3.26. The number of fused-ring (bicyclic) bond motifs is 1. The SMILES string of the molecule is CC1(C(=O)Nc2ncc(Cc3ccccc3)s2)CC2c3ccccc3C1c1ccccc12. The number of nitrogens with one attached hydrogen (secondary N) is 1. The van der Waals surface area contributed by atoms with Gasteiger partial charge >= 0.3 is 0 Å². The molecule has 1 aromatic heterocycles. The molecule has 0 aliphatic heterocycles. The number of anilines is 1. The number of hydrogen-bond donors (Lipinski definition) is 1. The second-order valence-electron chi connectivity index (χ2n) is 9.11. The Balaban J connectivity index is 1.30. The first-order valence-corrected chi connectivity index (χ1v) is 11.9. The highest BCUT2D eigenvalue weighted by molar-refractivity contribution is 7.15. The van der Waals surface area contributed by atoms with Crippen LogP contribution in [0.25, 0.3) is 0 Å². The van der Waals surface area contributed by atoms with Gasteiger partial charge in [0.1, 0.15) is 0 Å². The van der Waals surface area contributed by atoms with Crippen LogP contribution >= 0.6 is 11.3 Å². The summed E-state index contributed by atoms with van der Waals surface area (Å²) in [5, 5.41) is 3.86. The van der Waals surface area contributed by atoms with Crippen LogP contribution in [0.1, 0.15) is 57.9 Å². The van der Waals surface area contributed by atoms with Crippen molar-refractivity contribution in [3.05, 3.63) is 118 Å². The standard InChI is InChI=1S/C28H24N2OS/c1-28(26(31)30-27-29-17-19(32-27)15-18-9-3-2-4-10-18)16-24-20-11-5-7-13-22(20)25(28)23-14-8-6-12-21(23)24/h2-14,17,24-25H,15-16H2,1H3,(H,29,30,31). The van der Waals surface area contributed by atoms with Crippen molar-refractivity contribution in [2.24, 2.45) is 5.41 Å². The summed E-state index contributed by atoms with van der Waals surface area (Å²) in [6.07, 6.45) is 3.53. The normalized spacial score (nSPS) is 22.8. The van der Waals surface area contributed by atoms with Gasteiger partial charge in [0.05, 0.1) is 5.41 Å². The molecule has 1 N–H and O–H groups in total. The van der Waals surface area contributed by atoms with Crippen molar-refractivity contribution < 1.29 is 4.79 Å². The van der Waals surface area contributed by atoms with E-state index in [0.29, 0.717) is 5.13 Å². The Morgan fingerprint density at radius 1 is 0.938 bits per heavy atom. The van der Waals surface area contributed by atoms with Gasteiger partial charge in [-0.15, -0.1) is 11.3 Å². The Bertz CT molecular complexity index is 1260. The van der Waals surface area contributed by atoms with E-state index in [0.717, 1.165) is 17.7 Å². The summed E-state index contributed by atoms with van der Waals surface area (Å²) < 4.78 is 0. The molecule has 1 unspecified atom stereocenters. The molecule has 0 radical (unpaired) electrons. The molecule has 3 nitrogen and oxygen atoms in total. The largest absolute Gasteiger partial charge is 0.301 e. The number of benzene rings is 3. The van der Waals surface area contributed by atoms with E-state index in [4.69, 9.17) is 0 Å². The zero-order valence-corrected chi connectivity index (χ0v) is 18.7. The molecule has 0 fully saturated rings. The second kappa shape index (κ2) is 7.42. The summed E-state index contributed by atoms with van der Waals surface area (Å²) in [6.45, 7) is 2.13. The molecular formula is C28H24N2OS. The van der Waals surface area contributed by atoms with E-state index in [9.17, 15) is 4.79 Å². The lowest BCUT2D eigenvalue weighted by Crippen LogP contribution is -2.47. The van der Waals surface area contributed by atoms with Crippen molar-refractivity contribution in [3.63, 3.8) is 0 Å². The number of nitrogens with zero attached hydrogens (tertiary/aromatic N) is 1. The summed E-state index contributed by atoms with van der Waals surface area (Å²) in [6, 6.07) is 27.6. The van der Waals surface area contributed by atoms with E-state index in [1.807, 2.05) is 24.4 Å². The van der Waals surface area contributed by atoms with E-state index in [2.05, 4.69) is 77.9 Å². The Kier molecular flexibility index (Phi) is 4.51. The van der Waals surface area contributed by atoms with Crippen LogP contribution in [0.2, 0.25) is 0 Å². The Labute approximate surface area is 192 Å². The van der Waals surface area contributed by atoms with Crippen LogP contribution in [0.5, 0.6) is 0 Å². The lowest BCUT2D eigenvalue weighted by Gasteiger charge is -2.50. The van der Waals surface area contributed by atoms with Crippen molar-refractivity contribution >= 4 is 22.4 Å². The van der Waals surface area contributed by atoms with Gasteiger partial charge in [-0.3, -0.25) is 4.79 Å². The molecule has 1 atom stereocenters. The van der Waals surface area contributed by atoms with Gasteiger partial charge in [-0.25, -0.2) is 4.98 Å². The van der Waals surface area contributed by atoms with Crippen LogP contribution in [0.3, 0.4) is 0 Å². The Morgan fingerprint density at radius 2 is 1.53 bits per heavy atom. The fourth-order valence-electron chi connectivity index (χ4n) is 5.67. The number of rotatable bonds is 4. The van der Waals surface area contributed by atoms with Crippen LogP contribution in [0, 0.1) is 5.41 Å². The second-order valence-corrected chi connectivity index (χ2v) is 10.2. The topological polar surface area (TPSA) is 42.0 Å². The third-order valence-corrected chi connectivity index (χ3v) is 8.06. The monoisotopic (exact) mass is 436 g/mol. The van der Waals surface area contributed by atoms with Crippen LogP contribution in [-0.2, 0) is 11.2 Å². The predicted octanol–water partition coefficient (Wildman–Crippen LogP) is 6.36. The van der Waals surface area contributed by atoms with Gasteiger partial charge in [0, 0.05) is 29.3 Å². The minimum atomic E-state index is -0.515. The number of carbonyl (C=O) groups is 1. The van der Waals surface area contributed by atoms with E-state index >= 15 is 0 Å². The van der Waals surface area contributed by atoms with Gasteiger partial charge in [-0.2, -0.15) is 0 Å². The molecule has 4 aromatic rings. The van der Waals surface area contributed by atoms with E-state index < -0.39 is 5.41 Å². The third kappa shape index (κ3) is 3.01. The van der Waals surface area contributed by atoms with Gasteiger partial charge in [0.15, 0.2) is 5.13 Å². The van der Waals surface area contributed by atoms with Gasteiger partial charge in [-0.05, 0) is 41.2 Å². The summed E-state index contributed by atoms with van der Waals surface area (Å²) in [4.78, 5) is 19.4. The highest BCUT2D eigenvalue weighted by atomic mass is 32.1. The van der Waals surface area contributed by atoms with Crippen molar-refractivity contribution in [2.75, 3.05) is 5.32 Å². The molecule has 3 aromatic carbocycles. The molecule has 3 aliphatic rings. The van der Waals surface area contributed by atoms with Crippen molar-refractivity contribution in [2.45, 2.75) is 31.6 Å². The molecule has 4 heteroatoms. The number of hydrogen-bond acceptors (Lipinski definition) is 3. The first kappa shape index (κ1) is 19.4. The number of aromatic nitrogens is 1. The molecule has 7 rings (SSSR count). The van der Waals surface area contributed by atoms with Gasteiger partial charge in [-0.1, -0.05) is 78.9 Å². The zero-order valence-electron chi connectivity index (χ0n) is 17.9. The highest BCUT2D eigenvalue weighted by Crippen LogP contribution is 2.61. The van der Waals surface area contributed by atoms with Crippen molar-refractivity contribution in [3.8, 4) is 0 Å². The minimum Gasteiger partial charge on any atom is -0.301 e. The zero-order chi connectivity index (χ0) is 21.7. The first-order valence-electron chi connectivity index (χ1n) is 11.1. The van der Waals surface area contributed by atoms with Gasteiger partial charge in [0.2, 0.25) is 5.91 Å². The van der Waals surface area contributed by atoms with Crippen LogP contribution in [-0.4, -0.2) is 10.9 Å². The maximum absolute atomic E-state index is 13.7. The third-order valence-electron chi connectivity index (χ3n) is 7.14. The van der Waals surface area contributed by atoms with Crippen LogP contribution < -0.4 is 5.32 Å². The van der Waals surface area contributed by atoms with Crippen molar-refractivity contribution in [1.29, 1.82) is 0 Å². The predicted molar refractivity (Wildman–Crippen MR) is 129 cm³/mol. The lowest BCUT2D eigenvalue weighted by molar-refractivity contribution is -0.126. The molecule has 158 valence electrons. The number of thiazole rings is 1. The molecule has 3 aliphatic carbocycles. The first-order chi connectivity index (χ1) is 15.6. The molecule has 0 saturated heterocycles. The van der Waals surface area contributed by atoms with E-state index in [-0.39, 0.29) is 17.7 Å². The summed E-state index contributed by atoms with van der Waals surface area (Å²) in [5.41, 5.74) is 6.08. The molecular weight excluding hydrogens is 412 g/mol. The average molecular weight is 437 g/mol. The number of carbonyl (C=O) groups excluding carboxylic acids is 1. The van der Waals surface area contributed by atoms with E-state index in [1.165, 1.54) is 27.8 Å². The molecule has 32 heavy (non-hydrogen) atoms. The Morgan fingerprint density at radius 3 is 2.19 bits per heavy atom. The summed E-state index contributed by atoms with van der Waals surface area (Å²) in [7, 11) is 0. The minimum absolute atomic E-state index is 0.0589. The fourth-order valence-corrected chi connectivity index (χ4v) is 6.52. The van der Waals surface area contributed by atoms with Gasteiger partial charge in [0.25, 0.3) is 0 Å². The molecule has 1 amide bonds. The van der Waals surface area contributed by atoms with Gasteiger partial charge < -0.3 is 5.32 Å². The number of amides is 1. The molecule has 2 bridgehead atoms. The van der Waals surface area contributed by atoms with E-state index in [1.54, 1.807) is 11.3 Å². The smallest absolute Gasteiger partial charge is 0.233 e. The van der Waals surface area contributed by atoms with Crippen LogP contribution in [0.15, 0.2) is 85.1 Å². The summed E-state index contributed by atoms with van der Waals surface area (Å²) in [5.74, 6) is 0.383. The molecule has 0 spiro atoms. The lowest BCUT2D eigenvalue weighted by atomic mass is 9.52. The molecule has 0 saturated carbocycles. The summed E-state index contributed by atoms with van der Waals surface area (Å²) >= 11 is 1.57. The fraction of sp³-hybridized carbons (Fsp3) is 0.214. The van der Waals surface area contributed by atoms with Crippen LogP contribution in [0.4, 0.5) is 5.13 Å². The highest BCUT2D eigenvalue weighted by Gasteiger charge is 2.53.